The van der Waals surface area contributed by atoms with Crippen molar-refractivity contribution in [3.8, 4) is 0 Å². The van der Waals surface area contributed by atoms with Crippen molar-refractivity contribution >= 4 is 29.3 Å². The fraction of sp³-hybridized carbons (Fsp3) is 0.823. The quantitative estimate of drug-likeness (QED) is 0.0307. The number of oxime groups is 1. The molecule has 3 fully saturated rings. The van der Waals surface area contributed by atoms with Gasteiger partial charge >= 0.3 is 5.97 Å². The number of esters is 1. The van der Waals surface area contributed by atoms with E-state index in [1.807, 2.05) is 46.8 Å². The first kappa shape index (κ1) is 70.8. The van der Waals surface area contributed by atoms with Gasteiger partial charge in [0.1, 0.15) is 24.4 Å². The van der Waals surface area contributed by atoms with Crippen molar-refractivity contribution in [3.05, 3.63) is 35.5 Å². The van der Waals surface area contributed by atoms with Crippen LogP contribution in [0.25, 0.3) is 0 Å². The molecule has 5 N–H and O–H groups in total. The Morgan fingerprint density at radius 2 is 1.54 bits per heavy atom. The number of allylic oxidation sites excluding steroid dienone is 3. The number of Topliss-reactive ketones (excluding diaryl/α,β-unsaturated/α-hetero) is 1. The number of hydrogen-bond donors (Lipinski definition) is 5. The number of ketones is 1. The number of amides is 2. The van der Waals surface area contributed by atoms with Crippen molar-refractivity contribution in [2.45, 2.75) is 206 Å². The van der Waals surface area contributed by atoms with Crippen LogP contribution in [0.2, 0.25) is 0 Å². The summed E-state index contributed by atoms with van der Waals surface area (Å²) in [5.74, 6) is -7.14. The molecular formula is C62H105N3O17. The Kier molecular flexibility index (Phi) is 31.4. The number of ether oxygens (including phenoxy) is 8. The average Bonchev–Trinajstić information content (AvgIpc) is 3.62. The van der Waals surface area contributed by atoms with Crippen LogP contribution in [0.1, 0.15) is 146 Å². The number of carbonyl (C=O) groups excluding carboxylic acids is 4. The van der Waals surface area contributed by atoms with Gasteiger partial charge in [-0.3, -0.25) is 14.4 Å². The number of rotatable bonds is 19. The fourth-order valence-electron chi connectivity index (χ4n) is 11.9. The molecule has 2 bridgehead atoms. The molecule has 470 valence electrons. The third-order valence-corrected chi connectivity index (χ3v) is 17.5. The Balaban J connectivity index is 1.68. The molecule has 17 atom stereocenters. The number of fused-ring (bicyclic) bond motifs is 3. The van der Waals surface area contributed by atoms with Crippen molar-refractivity contribution < 1.29 is 82.3 Å². The predicted molar refractivity (Wildman–Crippen MR) is 310 cm³/mol. The number of methoxy groups -OCH3 is 3. The molecule has 1 saturated carbocycles. The summed E-state index contributed by atoms with van der Waals surface area (Å²) in [6.07, 6.45) is 8.02. The van der Waals surface area contributed by atoms with E-state index in [2.05, 4.69) is 30.4 Å². The minimum Gasteiger partial charge on any atom is -0.460 e. The van der Waals surface area contributed by atoms with Crippen molar-refractivity contribution in [2.75, 3.05) is 80.7 Å². The molecule has 82 heavy (non-hydrogen) atoms. The van der Waals surface area contributed by atoms with E-state index < -0.39 is 96.6 Å². The Morgan fingerprint density at radius 3 is 2.22 bits per heavy atom. The van der Waals surface area contributed by atoms with Gasteiger partial charge in [-0.25, -0.2) is 4.79 Å². The average molecular weight is 1160 g/mol. The van der Waals surface area contributed by atoms with Gasteiger partial charge in [-0.2, -0.15) is 0 Å². The lowest BCUT2D eigenvalue weighted by molar-refractivity contribution is -0.265. The van der Waals surface area contributed by atoms with Gasteiger partial charge in [-0.1, -0.05) is 71.0 Å². The number of carbonyl (C=O) groups is 4. The molecule has 0 aromatic carbocycles. The molecule has 20 nitrogen and oxygen atoms in total. The van der Waals surface area contributed by atoms with Crippen LogP contribution in [-0.2, 0) is 61.9 Å². The maximum absolute atomic E-state index is 14.6. The summed E-state index contributed by atoms with van der Waals surface area (Å²) in [4.78, 5) is 63.3. The topological polar surface area (TPSA) is 260 Å². The molecule has 4 rings (SSSR count). The lowest BCUT2D eigenvalue weighted by Crippen LogP contribution is -2.61. The SMILES string of the molecule is CCOCCOCCOCCNC(=O)CO/N=C1\[C@H](C)C[C@H](C)C(C)C/C=C/C=C(\C)[C@@H](OC)C[C@@H]2CC[C@@H](C)[C@@](O)(O2)C(=O)C(=O)N2CCCC[C@H]2C(=O)O[C@H]([C@H](C)C[C@@H]2CC[C@@H](O)[C@H](OC)C2)C[C@@H](O)[C@H](C)/C=C(\C)[C@@H](O)[C@H]1OC. The maximum atomic E-state index is 14.6. The second-order valence-electron chi connectivity index (χ2n) is 23.8. The summed E-state index contributed by atoms with van der Waals surface area (Å²) in [7, 11) is 4.65. The highest BCUT2D eigenvalue weighted by molar-refractivity contribution is 6.39. The molecule has 0 aromatic heterocycles. The third-order valence-electron chi connectivity index (χ3n) is 17.5. The first-order valence-corrected chi connectivity index (χ1v) is 30.4. The minimum absolute atomic E-state index is 0.00562. The third kappa shape index (κ3) is 21.7. The summed E-state index contributed by atoms with van der Waals surface area (Å²) in [6.45, 7) is 20.0. The second-order valence-corrected chi connectivity index (χ2v) is 23.8. The summed E-state index contributed by atoms with van der Waals surface area (Å²) in [5.41, 5.74) is 1.78. The standard InChI is InChI=1S/C62H105N3O17/c1-13-77-28-29-79-31-30-78-27-25-63-55(68)38-80-64-56-44(7)32-41(4)39(2)18-14-15-19-40(3)52(74-10)36-48-23-21-46(9)62(73,82-48)59(70)60(71)65-26-17-16-20-49(65)61(72)81-53(43(6)34-47-22-24-50(66)54(35-47)75-11)37-51(67)42(5)33-45(8)57(69)58(56)76-12/h14-15,19,33,39,41-44,46-54,57-58,66-67,69,73H,13,16-18,20-32,34-38H2,1-12H3,(H,63,68)/b15-14+,40-19+,45-33+,64-56+/t39?,41-,42+,43+,44+,46+,47-,48-,49-,50+,51+,52-,53-,54+,57+,58-,62+/m0/s1. The van der Waals surface area contributed by atoms with Crippen LogP contribution in [0, 0.1) is 41.4 Å². The van der Waals surface area contributed by atoms with E-state index in [4.69, 9.17) is 42.7 Å². The highest BCUT2D eigenvalue weighted by Gasteiger charge is 2.53. The second kappa shape index (κ2) is 36.4. The van der Waals surface area contributed by atoms with Gasteiger partial charge in [0.25, 0.3) is 17.6 Å². The monoisotopic (exact) mass is 1160 g/mol. The summed E-state index contributed by atoms with van der Waals surface area (Å²) in [5, 5.41) is 54.2. The van der Waals surface area contributed by atoms with Crippen LogP contribution in [0.3, 0.4) is 0 Å². The van der Waals surface area contributed by atoms with Gasteiger partial charge in [0.05, 0.1) is 69.3 Å². The van der Waals surface area contributed by atoms with Crippen LogP contribution >= 0.6 is 0 Å². The smallest absolute Gasteiger partial charge is 0.329 e. The molecule has 0 spiro atoms. The molecule has 4 aliphatic rings. The van der Waals surface area contributed by atoms with Gasteiger partial charge in [0.2, 0.25) is 5.79 Å². The van der Waals surface area contributed by atoms with Crippen LogP contribution in [-0.4, -0.2) is 196 Å². The van der Waals surface area contributed by atoms with E-state index in [0.29, 0.717) is 102 Å². The Labute approximate surface area is 489 Å². The molecule has 20 heteroatoms. The number of hydrogen-bond acceptors (Lipinski definition) is 18. The molecule has 2 amide bonds. The molecule has 0 aromatic rings. The van der Waals surface area contributed by atoms with E-state index in [1.54, 1.807) is 34.1 Å². The summed E-state index contributed by atoms with van der Waals surface area (Å²) < 4.78 is 46.6. The summed E-state index contributed by atoms with van der Waals surface area (Å²) in [6, 6.07) is -1.14. The molecule has 2 saturated heterocycles. The zero-order valence-corrected chi connectivity index (χ0v) is 51.6. The lowest BCUT2D eigenvalue weighted by Gasteiger charge is -2.43. The van der Waals surface area contributed by atoms with E-state index in [0.717, 1.165) is 18.4 Å². The maximum Gasteiger partial charge on any atom is 0.329 e. The van der Waals surface area contributed by atoms with Gasteiger partial charge < -0.3 is 73.4 Å². The molecule has 1 aliphatic carbocycles. The highest BCUT2D eigenvalue weighted by atomic mass is 16.6. The first-order chi connectivity index (χ1) is 39.1. The largest absolute Gasteiger partial charge is 0.460 e. The minimum atomic E-state index is -2.44. The van der Waals surface area contributed by atoms with Gasteiger partial charge in [-0.15, -0.1) is 0 Å². The van der Waals surface area contributed by atoms with Crippen LogP contribution < -0.4 is 5.32 Å². The van der Waals surface area contributed by atoms with Crippen molar-refractivity contribution in [1.29, 1.82) is 0 Å². The lowest BCUT2D eigenvalue weighted by atomic mass is 9.78. The van der Waals surface area contributed by atoms with Gasteiger partial charge in [-0.05, 0) is 126 Å². The zero-order chi connectivity index (χ0) is 60.5. The van der Waals surface area contributed by atoms with Crippen molar-refractivity contribution in [3.63, 3.8) is 0 Å². The number of cyclic esters (lactones) is 1. The number of aliphatic hydroxyl groups is 4. The van der Waals surface area contributed by atoms with Gasteiger partial charge in [0.15, 0.2) is 6.61 Å². The normalized spacial score (nSPS) is 36.5. The zero-order valence-electron chi connectivity index (χ0n) is 51.6. The van der Waals surface area contributed by atoms with Gasteiger partial charge in [0, 0.05) is 71.6 Å². The molecule has 3 aliphatic heterocycles. The van der Waals surface area contributed by atoms with E-state index >= 15 is 0 Å². The van der Waals surface area contributed by atoms with Crippen LogP contribution in [0.4, 0.5) is 0 Å². The first-order valence-electron chi connectivity index (χ1n) is 30.4. The van der Waals surface area contributed by atoms with Crippen LogP contribution in [0.5, 0.6) is 0 Å². The molecule has 0 radical (unpaired) electrons. The van der Waals surface area contributed by atoms with Crippen LogP contribution in [0.15, 0.2) is 40.6 Å². The van der Waals surface area contributed by atoms with Crippen molar-refractivity contribution in [1.82, 2.24) is 10.2 Å². The predicted octanol–water partition coefficient (Wildman–Crippen LogP) is 6.43. The number of aliphatic hydroxyl groups excluding tert-OH is 3. The summed E-state index contributed by atoms with van der Waals surface area (Å²) >= 11 is 0. The Morgan fingerprint density at radius 1 is 0.829 bits per heavy atom. The molecule has 1 unspecified atom stereocenters. The number of piperidine rings is 1. The van der Waals surface area contributed by atoms with E-state index in [1.165, 1.54) is 12.0 Å². The fourth-order valence-corrected chi connectivity index (χ4v) is 11.9. The van der Waals surface area contributed by atoms with E-state index in [-0.39, 0.29) is 68.2 Å². The highest BCUT2D eigenvalue weighted by Crippen LogP contribution is 2.38. The van der Waals surface area contributed by atoms with Crippen molar-refractivity contribution in [2.24, 2.45) is 46.6 Å². The van der Waals surface area contributed by atoms with E-state index in [9.17, 15) is 39.6 Å². The Bertz CT molecular complexity index is 2070. The number of nitrogens with zero attached hydrogens (tertiary/aromatic N) is 2. The number of nitrogens with one attached hydrogen (secondary N) is 1. The molecular weight excluding hydrogens is 1060 g/mol. The molecule has 3 heterocycles. The Hall–Kier alpha value is -3.67.